The minimum Gasteiger partial charge on any atom is -0.465 e. The summed E-state index contributed by atoms with van der Waals surface area (Å²) >= 11 is 1.10. The number of benzene rings is 2. The fraction of sp³-hybridized carbons (Fsp3) is 0.150. The zero-order chi connectivity index (χ0) is 19.2. The summed E-state index contributed by atoms with van der Waals surface area (Å²) in [6.45, 7) is 2.01. The summed E-state index contributed by atoms with van der Waals surface area (Å²) in [7, 11) is 0. The molecule has 7 heteroatoms. The highest BCUT2D eigenvalue weighted by Gasteiger charge is 2.32. The SMILES string of the molecule is CCOC(=O)CSC1=N/C(=C\c2ccccc2)C(=O)N1c1ccc(F)cc1. The third-order valence-electron chi connectivity index (χ3n) is 3.64. The van der Waals surface area contributed by atoms with Crippen molar-refractivity contribution in [3.8, 4) is 0 Å². The van der Waals surface area contributed by atoms with Crippen LogP contribution in [0.5, 0.6) is 0 Å². The lowest BCUT2D eigenvalue weighted by Crippen LogP contribution is -2.31. The smallest absolute Gasteiger partial charge is 0.316 e. The molecule has 2 aromatic rings. The molecule has 138 valence electrons. The minimum atomic E-state index is -0.400. The van der Waals surface area contributed by atoms with Crippen molar-refractivity contribution in [1.29, 1.82) is 0 Å². The standard InChI is InChI=1S/C20H17FN2O3S/c1-2-26-18(24)13-27-20-22-17(12-14-6-4-3-5-7-14)19(25)23(20)16-10-8-15(21)9-11-16/h3-12H,2,13H2,1H3/b17-12-. The quantitative estimate of drug-likeness (QED) is 0.580. The lowest BCUT2D eigenvalue weighted by Gasteiger charge is -2.17. The van der Waals surface area contributed by atoms with Gasteiger partial charge in [0.1, 0.15) is 11.5 Å². The van der Waals surface area contributed by atoms with Crippen LogP contribution in [0.2, 0.25) is 0 Å². The molecule has 0 saturated carbocycles. The summed E-state index contributed by atoms with van der Waals surface area (Å²) in [6, 6.07) is 14.9. The normalized spacial score (nSPS) is 15.2. The first-order valence-electron chi connectivity index (χ1n) is 8.32. The maximum atomic E-state index is 13.3. The number of hydrogen-bond acceptors (Lipinski definition) is 5. The second-order valence-corrected chi connectivity index (χ2v) is 6.49. The average Bonchev–Trinajstić information content (AvgIpc) is 2.97. The van der Waals surface area contributed by atoms with Gasteiger partial charge in [-0.15, -0.1) is 0 Å². The Labute approximate surface area is 160 Å². The fourth-order valence-electron chi connectivity index (χ4n) is 2.44. The Morgan fingerprint density at radius 3 is 2.56 bits per heavy atom. The van der Waals surface area contributed by atoms with E-state index in [1.54, 1.807) is 13.0 Å². The Kier molecular flexibility index (Phi) is 6.03. The van der Waals surface area contributed by atoms with E-state index in [2.05, 4.69) is 4.99 Å². The van der Waals surface area contributed by atoms with Gasteiger partial charge in [-0.1, -0.05) is 42.1 Å². The zero-order valence-corrected chi connectivity index (χ0v) is 15.4. The Morgan fingerprint density at radius 2 is 1.89 bits per heavy atom. The maximum Gasteiger partial charge on any atom is 0.316 e. The molecule has 1 aliphatic rings. The van der Waals surface area contributed by atoms with Gasteiger partial charge in [0, 0.05) is 0 Å². The average molecular weight is 384 g/mol. The van der Waals surface area contributed by atoms with E-state index in [0.29, 0.717) is 10.9 Å². The van der Waals surface area contributed by atoms with Gasteiger partial charge in [-0.3, -0.25) is 14.5 Å². The predicted molar refractivity (Wildman–Crippen MR) is 105 cm³/mol. The number of halogens is 1. The van der Waals surface area contributed by atoms with E-state index in [4.69, 9.17) is 4.74 Å². The number of rotatable bonds is 5. The molecule has 0 radical (unpaired) electrons. The van der Waals surface area contributed by atoms with Gasteiger partial charge in [0.25, 0.3) is 5.91 Å². The van der Waals surface area contributed by atoms with Crippen molar-refractivity contribution in [3.05, 3.63) is 71.7 Å². The number of thioether (sulfide) groups is 1. The number of esters is 1. The van der Waals surface area contributed by atoms with Crippen LogP contribution in [0.25, 0.3) is 6.08 Å². The highest BCUT2D eigenvalue weighted by Crippen LogP contribution is 2.29. The van der Waals surface area contributed by atoms with Gasteiger partial charge in [0.05, 0.1) is 18.0 Å². The topological polar surface area (TPSA) is 59.0 Å². The molecule has 0 fully saturated rings. The second kappa shape index (κ2) is 8.64. The van der Waals surface area contributed by atoms with E-state index < -0.39 is 11.8 Å². The van der Waals surface area contributed by atoms with Crippen LogP contribution in [-0.4, -0.2) is 29.4 Å². The van der Waals surface area contributed by atoms with Crippen LogP contribution >= 0.6 is 11.8 Å². The Morgan fingerprint density at radius 1 is 1.19 bits per heavy atom. The lowest BCUT2D eigenvalue weighted by atomic mass is 10.2. The third-order valence-corrected chi connectivity index (χ3v) is 4.55. The molecule has 2 aromatic carbocycles. The summed E-state index contributed by atoms with van der Waals surface area (Å²) in [5.41, 5.74) is 1.56. The van der Waals surface area contributed by atoms with Gasteiger partial charge in [-0.25, -0.2) is 9.38 Å². The number of amides is 1. The number of anilines is 1. The molecule has 27 heavy (non-hydrogen) atoms. The Hall–Kier alpha value is -2.93. The van der Waals surface area contributed by atoms with Crippen molar-refractivity contribution < 1.29 is 18.7 Å². The molecule has 0 saturated heterocycles. The molecule has 0 bridgehead atoms. The van der Waals surface area contributed by atoms with Crippen LogP contribution in [0.3, 0.4) is 0 Å². The first-order chi connectivity index (χ1) is 13.1. The summed E-state index contributed by atoms with van der Waals surface area (Å²) in [5.74, 6) is -1.10. The summed E-state index contributed by atoms with van der Waals surface area (Å²) in [5, 5.41) is 0.349. The van der Waals surface area contributed by atoms with Crippen molar-refractivity contribution in [3.63, 3.8) is 0 Å². The molecule has 1 heterocycles. The fourth-order valence-corrected chi connectivity index (χ4v) is 3.25. The van der Waals surface area contributed by atoms with Gasteiger partial charge in [-0.05, 0) is 42.8 Å². The van der Waals surface area contributed by atoms with E-state index in [1.165, 1.54) is 29.2 Å². The van der Waals surface area contributed by atoms with Crippen molar-refractivity contribution in [1.82, 2.24) is 0 Å². The molecular weight excluding hydrogens is 367 g/mol. The number of nitrogens with zero attached hydrogens (tertiary/aromatic N) is 2. The van der Waals surface area contributed by atoms with Crippen LogP contribution in [0.1, 0.15) is 12.5 Å². The monoisotopic (exact) mass is 384 g/mol. The molecule has 3 rings (SSSR count). The maximum absolute atomic E-state index is 13.3. The van der Waals surface area contributed by atoms with Gasteiger partial charge < -0.3 is 4.74 Å². The highest BCUT2D eigenvalue weighted by atomic mass is 32.2. The van der Waals surface area contributed by atoms with Crippen LogP contribution < -0.4 is 4.90 Å². The molecule has 0 aromatic heterocycles. The molecule has 0 aliphatic carbocycles. The van der Waals surface area contributed by atoms with Gasteiger partial charge in [0.15, 0.2) is 5.17 Å². The van der Waals surface area contributed by atoms with Crippen LogP contribution in [0.15, 0.2) is 65.3 Å². The van der Waals surface area contributed by atoms with E-state index in [9.17, 15) is 14.0 Å². The van der Waals surface area contributed by atoms with Crippen molar-refractivity contribution in [2.24, 2.45) is 4.99 Å². The summed E-state index contributed by atoms with van der Waals surface area (Å²) < 4.78 is 18.2. The third kappa shape index (κ3) is 4.62. The molecular formula is C20H17FN2O3S. The number of hydrogen-bond donors (Lipinski definition) is 0. The van der Waals surface area contributed by atoms with Crippen molar-refractivity contribution >= 4 is 40.6 Å². The van der Waals surface area contributed by atoms with Crippen LogP contribution in [-0.2, 0) is 14.3 Å². The van der Waals surface area contributed by atoms with Gasteiger partial charge in [0.2, 0.25) is 0 Å². The van der Waals surface area contributed by atoms with Crippen molar-refractivity contribution in [2.75, 3.05) is 17.3 Å². The molecule has 1 aliphatic heterocycles. The van der Waals surface area contributed by atoms with E-state index in [1.807, 2.05) is 30.3 Å². The molecule has 0 spiro atoms. The second-order valence-electron chi connectivity index (χ2n) is 5.55. The van der Waals surface area contributed by atoms with Gasteiger partial charge in [-0.2, -0.15) is 0 Å². The molecule has 0 unspecified atom stereocenters. The van der Waals surface area contributed by atoms with Crippen molar-refractivity contribution in [2.45, 2.75) is 6.92 Å². The lowest BCUT2D eigenvalue weighted by molar-refractivity contribution is -0.139. The zero-order valence-electron chi connectivity index (χ0n) is 14.6. The first-order valence-corrected chi connectivity index (χ1v) is 9.31. The molecule has 0 N–H and O–H groups in total. The molecule has 5 nitrogen and oxygen atoms in total. The minimum absolute atomic E-state index is 0.0241. The number of amidine groups is 1. The van der Waals surface area contributed by atoms with E-state index in [0.717, 1.165) is 17.3 Å². The Balaban J connectivity index is 1.91. The first kappa shape index (κ1) is 18.8. The molecule has 0 atom stereocenters. The molecule has 1 amide bonds. The summed E-state index contributed by atoms with van der Waals surface area (Å²) in [6.07, 6.45) is 1.68. The highest BCUT2D eigenvalue weighted by molar-refractivity contribution is 8.14. The van der Waals surface area contributed by atoms with Crippen LogP contribution in [0, 0.1) is 5.82 Å². The van der Waals surface area contributed by atoms with E-state index >= 15 is 0 Å². The number of ether oxygens (including phenoxy) is 1. The van der Waals surface area contributed by atoms with Gasteiger partial charge >= 0.3 is 5.97 Å². The summed E-state index contributed by atoms with van der Waals surface area (Å²) in [4.78, 5) is 30.3. The van der Waals surface area contributed by atoms with Crippen LogP contribution in [0.4, 0.5) is 10.1 Å². The van der Waals surface area contributed by atoms with E-state index in [-0.39, 0.29) is 24.0 Å². The largest absolute Gasteiger partial charge is 0.465 e. The Bertz CT molecular complexity index is 895. The predicted octanol–water partition coefficient (Wildman–Crippen LogP) is 3.87. The number of carbonyl (C=O) groups excluding carboxylic acids is 2. The number of carbonyl (C=O) groups is 2. The number of aliphatic imine (C=N–C) groups is 1.